The van der Waals surface area contributed by atoms with Crippen LogP contribution >= 0.6 is 0 Å². The Bertz CT molecular complexity index is 856. The molecule has 2 heterocycles. The van der Waals surface area contributed by atoms with E-state index >= 15 is 0 Å². The molecule has 2 aromatic carbocycles. The Morgan fingerprint density at radius 1 is 1.12 bits per heavy atom. The lowest BCUT2D eigenvalue weighted by atomic mass is 10.1. The van der Waals surface area contributed by atoms with Crippen LogP contribution < -0.4 is 4.74 Å². The van der Waals surface area contributed by atoms with Crippen LogP contribution in [-0.4, -0.2) is 27.5 Å². The average Bonchev–Trinajstić information content (AvgIpc) is 3.15. The molecule has 5 heteroatoms. The van der Waals surface area contributed by atoms with Crippen LogP contribution in [0.1, 0.15) is 27.2 Å². The number of aromatic nitrogens is 2. The molecule has 0 radical (unpaired) electrons. The molecule has 1 N–H and O–H groups in total. The number of nitrogens with one attached hydrogen (secondary N) is 1. The number of nitrogens with zero attached hydrogens (tertiary/aromatic N) is 2. The number of hydrogen-bond donors (Lipinski definition) is 1. The van der Waals surface area contributed by atoms with E-state index < -0.39 is 0 Å². The van der Waals surface area contributed by atoms with Crippen LogP contribution in [0.15, 0.2) is 60.8 Å². The summed E-state index contributed by atoms with van der Waals surface area (Å²) in [7, 11) is 0. The van der Waals surface area contributed by atoms with Gasteiger partial charge in [0.15, 0.2) is 0 Å². The molecule has 4 rings (SSSR count). The minimum absolute atomic E-state index is 0.0430. The van der Waals surface area contributed by atoms with Crippen LogP contribution in [0.25, 0.3) is 0 Å². The van der Waals surface area contributed by atoms with Crippen molar-refractivity contribution in [2.75, 3.05) is 6.54 Å². The van der Waals surface area contributed by atoms with Gasteiger partial charge in [-0.15, -0.1) is 0 Å². The summed E-state index contributed by atoms with van der Waals surface area (Å²) in [5.41, 5.74) is 4.03. The standard InChI is InChI=1S/C20H19N3O2/c24-20(23-11-10-19-17(13-23)12-21-22-19)16-6-8-18(9-7-16)25-14-15-4-2-1-3-5-15/h1-9,12H,10-11,13-14H2,(H,21,22). The fourth-order valence-electron chi connectivity index (χ4n) is 3.01. The normalized spacial score (nSPS) is 13.4. The van der Waals surface area contributed by atoms with Crippen LogP contribution in [0, 0.1) is 0 Å². The number of H-pyrrole nitrogens is 1. The number of hydrogen-bond acceptors (Lipinski definition) is 3. The number of aromatic amines is 1. The Morgan fingerprint density at radius 3 is 2.72 bits per heavy atom. The molecule has 0 spiro atoms. The van der Waals surface area contributed by atoms with Crippen LogP contribution in [0.5, 0.6) is 5.75 Å². The van der Waals surface area contributed by atoms with Crippen molar-refractivity contribution in [1.82, 2.24) is 15.1 Å². The summed E-state index contributed by atoms with van der Waals surface area (Å²) in [6.07, 6.45) is 2.62. The summed E-state index contributed by atoms with van der Waals surface area (Å²) in [4.78, 5) is 14.5. The number of carbonyl (C=O) groups excluding carboxylic acids is 1. The molecule has 1 aliphatic heterocycles. The monoisotopic (exact) mass is 333 g/mol. The first-order chi connectivity index (χ1) is 12.3. The molecule has 25 heavy (non-hydrogen) atoms. The molecular weight excluding hydrogens is 314 g/mol. The summed E-state index contributed by atoms with van der Waals surface area (Å²) in [5, 5.41) is 7.04. The van der Waals surface area contributed by atoms with Gasteiger partial charge in [-0.3, -0.25) is 9.89 Å². The molecule has 0 unspecified atom stereocenters. The molecule has 1 aliphatic rings. The van der Waals surface area contributed by atoms with Crippen molar-refractivity contribution in [1.29, 1.82) is 0 Å². The van der Waals surface area contributed by atoms with Gasteiger partial charge in [0.2, 0.25) is 0 Å². The Balaban J connectivity index is 1.39. The van der Waals surface area contributed by atoms with E-state index in [-0.39, 0.29) is 5.91 Å². The molecule has 0 saturated carbocycles. The zero-order valence-electron chi connectivity index (χ0n) is 13.8. The molecule has 3 aromatic rings. The molecule has 1 amide bonds. The fraction of sp³-hybridized carbons (Fsp3) is 0.200. The molecule has 0 atom stereocenters. The van der Waals surface area contributed by atoms with E-state index in [1.807, 2.05) is 59.5 Å². The summed E-state index contributed by atoms with van der Waals surface area (Å²) in [6.45, 7) is 1.83. The summed E-state index contributed by atoms with van der Waals surface area (Å²) >= 11 is 0. The predicted molar refractivity (Wildman–Crippen MR) is 94.2 cm³/mol. The number of rotatable bonds is 4. The minimum Gasteiger partial charge on any atom is -0.489 e. The van der Waals surface area contributed by atoms with Gasteiger partial charge in [0.1, 0.15) is 12.4 Å². The maximum atomic E-state index is 12.7. The molecule has 1 aromatic heterocycles. The van der Waals surface area contributed by atoms with Crippen molar-refractivity contribution in [3.05, 3.63) is 83.2 Å². The summed E-state index contributed by atoms with van der Waals surface area (Å²) in [6, 6.07) is 17.4. The zero-order valence-corrected chi connectivity index (χ0v) is 13.8. The Labute approximate surface area is 146 Å². The smallest absolute Gasteiger partial charge is 0.254 e. The van der Waals surface area contributed by atoms with Crippen molar-refractivity contribution in [2.24, 2.45) is 0 Å². The van der Waals surface area contributed by atoms with Gasteiger partial charge in [-0.25, -0.2) is 0 Å². The van der Waals surface area contributed by atoms with Gasteiger partial charge in [-0.1, -0.05) is 30.3 Å². The second-order valence-electron chi connectivity index (χ2n) is 6.15. The lowest BCUT2D eigenvalue weighted by Gasteiger charge is -2.26. The summed E-state index contributed by atoms with van der Waals surface area (Å²) in [5.74, 6) is 0.803. The fourth-order valence-corrected chi connectivity index (χ4v) is 3.01. The first-order valence-corrected chi connectivity index (χ1v) is 8.37. The topological polar surface area (TPSA) is 58.2 Å². The van der Waals surface area contributed by atoms with E-state index in [4.69, 9.17) is 4.74 Å². The van der Waals surface area contributed by atoms with E-state index in [9.17, 15) is 4.79 Å². The van der Waals surface area contributed by atoms with Gasteiger partial charge in [0.05, 0.1) is 6.20 Å². The highest BCUT2D eigenvalue weighted by atomic mass is 16.5. The largest absolute Gasteiger partial charge is 0.489 e. The third-order valence-electron chi connectivity index (χ3n) is 4.44. The van der Waals surface area contributed by atoms with Crippen LogP contribution in [0.2, 0.25) is 0 Å². The highest BCUT2D eigenvalue weighted by Crippen LogP contribution is 2.20. The van der Waals surface area contributed by atoms with Crippen molar-refractivity contribution in [2.45, 2.75) is 19.6 Å². The van der Waals surface area contributed by atoms with Gasteiger partial charge in [0.25, 0.3) is 5.91 Å². The molecule has 0 fully saturated rings. The number of fused-ring (bicyclic) bond motifs is 1. The molecule has 0 bridgehead atoms. The van der Waals surface area contributed by atoms with Crippen molar-refractivity contribution in [3.8, 4) is 5.75 Å². The Morgan fingerprint density at radius 2 is 1.92 bits per heavy atom. The Kier molecular flexibility index (Phi) is 4.21. The highest BCUT2D eigenvalue weighted by molar-refractivity contribution is 5.94. The number of amides is 1. The van der Waals surface area contributed by atoms with Crippen LogP contribution in [0.4, 0.5) is 0 Å². The van der Waals surface area contributed by atoms with E-state index in [1.165, 1.54) is 0 Å². The number of carbonyl (C=O) groups is 1. The molecule has 126 valence electrons. The maximum absolute atomic E-state index is 12.7. The SMILES string of the molecule is O=C(c1ccc(OCc2ccccc2)cc1)N1CCc2[nH]ncc2C1. The lowest BCUT2D eigenvalue weighted by Crippen LogP contribution is -2.35. The van der Waals surface area contributed by atoms with Crippen molar-refractivity contribution >= 4 is 5.91 Å². The van der Waals surface area contributed by atoms with Crippen LogP contribution in [0.3, 0.4) is 0 Å². The van der Waals surface area contributed by atoms with E-state index in [0.29, 0.717) is 25.3 Å². The number of ether oxygens (including phenoxy) is 1. The molecule has 5 nitrogen and oxygen atoms in total. The van der Waals surface area contributed by atoms with Gasteiger partial charge in [-0.2, -0.15) is 5.10 Å². The molecule has 0 saturated heterocycles. The minimum atomic E-state index is 0.0430. The highest BCUT2D eigenvalue weighted by Gasteiger charge is 2.22. The second-order valence-corrected chi connectivity index (χ2v) is 6.15. The van der Waals surface area contributed by atoms with Gasteiger partial charge >= 0.3 is 0 Å². The van der Waals surface area contributed by atoms with Crippen molar-refractivity contribution < 1.29 is 9.53 Å². The third kappa shape index (κ3) is 3.40. The van der Waals surface area contributed by atoms with E-state index in [2.05, 4.69) is 10.2 Å². The van der Waals surface area contributed by atoms with E-state index in [0.717, 1.165) is 29.0 Å². The number of benzene rings is 2. The average molecular weight is 333 g/mol. The third-order valence-corrected chi connectivity index (χ3v) is 4.44. The predicted octanol–water partition coefficient (Wildman–Crippen LogP) is 3.19. The van der Waals surface area contributed by atoms with E-state index in [1.54, 1.807) is 6.20 Å². The molecule has 0 aliphatic carbocycles. The van der Waals surface area contributed by atoms with Gasteiger partial charge < -0.3 is 9.64 Å². The second kappa shape index (κ2) is 6.81. The lowest BCUT2D eigenvalue weighted by molar-refractivity contribution is 0.0734. The molecular formula is C20H19N3O2. The van der Waals surface area contributed by atoms with Gasteiger partial charge in [-0.05, 0) is 29.8 Å². The first-order valence-electron chi connectivity index (χ1n) is 8.37. The van der Waals surface area contributed by atoms with Crippen LogP contribution in [-0.2, 0) is 19.6 Å². The van der Waals surface area contributed by atoms with Crippen molar-refractivity contribution in [3.63, 3.8) is 0 Å². The maximum Gasteiger partial charge on any atom is 0.254 e. The zero-order chi connectivity index (χ0) is 17.1. The quantitative estimate of drug-likeness (QED) is 0.798. The Hall–Kier alpha value is -3.08. The van der Waals surface area contributed by atoms with Gasteiger partial charge in [0, 0.05) is 36.3 Å². The first kappa shape index (κ1) is 15.4. The summed E-state index contributed by atoms with van der Waals surface area (Å²) < 4.78 is 5.77.